The smallest absolute Gasteiger partial charge is 0.289 e. The van der Waals surface area contributed by atoms with Crippen LogP contribution in [0.25, 0.3) is 0 Å². The van der Waals surface area contributed by atoms with Gasteiger partial charge in [-0.2, -0.15) is 0 Å². The Morgan fingerprint density at radius 1 is 1.53 bits per heavy atom. The Kier molecular flexibility index (Phi) is 2.02. The van der Waals surface area contributed by atoms with Gasteiger partial charge in [0, 0.05) is 19.1 Å². The summed E-state index contributed by atoms with van der Waals surface area (Å²) in [6.45, 7) is 2.79. The van der Waals surface area contributed by atoms with Crippen LogP contribution in [0.2, 0.25) is 0 Å². The van der Waals surface area contributed by atoms with Gasteiger partial charge in [-0.15, -0.1) is 0 Å². The lowest BCUT2D eigenvalue weighted by Gasteiger charge is -2.15. The summed E-state index contributed by atoms with van der Waals surface area (Å²) in [5.74, 6) is 1.12. The molecule has 4 nitrogen and oxygen atoms in total. The normalized spacial score (nSPS) is 29.5. The molecule has 2 fully saturated rings. The van der Waals surface area contributed by atoms with Crippen molar-refractivity contribution in [3.8, 4) is 0 Å². The van der Waals surface area contributed by atoms with Gasteiger partial charge in [-0.25, -0.2) is 0 Å². The Balaban J connectivity index is 1.72. The van der Waals surface area contributed by atoms with E-state index in [0.717, 1.165) is 19.6 Å². The number of carbonyl (C=O) groups excluding carboxylic acids is 1. The van der Waals surface area contributed by atoms with E-state index in [1.54, 1.807) is 18.4 Å². The highest BCUT2D eigenvalue weighted by Crippen LogP contribution is 2.25. The lowest BCUT2D eigenvalue weighted by Crippen LogP contribution is -2.33. The van der Waals surface area contributed by atoms with Gasteiger partial charge in [0.25, 0.3) is 5.91 Å². The second-order valence-corrected chi connectivity index (χ2v) is 4.30. The third kappa shape index (κ3) is 1.45. The summed E-state index contributed by atoms with van der Waals surface area (Å²) in [7, 11) is 0. The quantitative estimate of drug-likeness (QED) is 0.736. The molecule has 0 radical (unpaired) electrons. The highest BCUT2D eigenvalue weighted by atomic mass is 16.3. The van der Waals surface area contributed by atoms with E-state index < -0.39 is 0 Å². The highest BCUT2D eigenvalue weighted by Gasteiger charge is 2.38. The second kappa shape index (κ2) is 3.38. The fourth-order valence-electron chi connectivity index (χ4n) is 2.57. The van der Waals surface area contributed by atoms with Crippen molar-refractivity contribution >= 4 is 5.91 Å². The number of nitrogens with one attached hydrogen (secondary N) is 1. The summed E-state index contributed by atoms with van der Waals surface area (Å²) in [6.07, 6.45) is 2.73. The molecule has 1 amide bonds. The van der Waals surface area contributed by atoms with E-state index in [-0.39, 0.29) is 5.91 Å². The standard InChI is InChI=1S/C11H14N2O2/c14-11(10-2-1-5-15-10)13-6-8-3-4-12-9(8)7-13/h1-2,5,8-9,12H,3-4,6-7H2. The minimum Gasteiger partial charge on any atom is -0.459 e. The fraction of sp³-hybridized carbons (Fsp3) is 0.545. The molecule has 2 saturated heterocycles. The van der Waals surface area contributed by atoms with Crippen LogP contribution >= 0.6 is 0 Å². The number of amides is 1. The highest BCUT2D eigenvalue weighted by molar-refractivity contribution is 5.91. The van der Waals surface area contributed by atoms with Crippen molar-refractivity contribution in [1.82, 2.24) is 10.2 Å². The summed E-state index contributed by atoms with van der Waals surface area (Å²) in [4.78, 5) is 13.8. The van der Waals surface area contributed by atoms with Crippen LogP contribution in [-0.4, -0.2) is 36.5 Å². The number of fused-ring (bicyclic) bond motifs is 1. The van der Waals surface area contributed by atoms with Crippen molar-refractivity contribution in [2.45, 2.75) is 12.5 Å². The summed E-state index contributed by atoms with van der Waals surface area (Å²) in [6, 6.07) is 3.98. The second-order valence-electron chi connectivity index (χ2n) is 4.30. The lowest BCUT2D eigenvalue weighted by atomic mass is 10.1. The number of nitrogens with zero attached hydrogens (tertiary/aromatic N) is 1. The largest absolute Gasteiger partial charge is 0.459 e. The van der Waals surface area contributed by atoms with Crippen LogP contribution in [-0.2, 0) is 0 Å². The van der Waals surface area contributed by atoms with Gasteiger partial charge in [-0.3, -0.25) is 4.79 Å². The molecule has 2 unspecified atom stereocenters. The molecule has 3 rings (SSSR count). The van der Waals surface area contributed by atoms with Crippen LogP contribution in [0.5, 0.6) is 0 Å². The Morgan fingerprint density at radius 2 is 2.47 bits per heavy atom. The van der Waals surface area contributed by atoms with Crippen molar-refractivity contribution in [1.29, 1.82) is 0 Å². The molecule has 15 heavy (non-hydrogen) atoms. The van der Waals surface area contributed by atoms with Gasteiger partial charge in [-0.1, -0.05) is 0 Å². The molecule has 2 atom stereocenters. The van der Waals surface area contributed by atoms with Gasteiger partial charge in [0.05, 0.1) is 6.26 Å². The van der Waals surface area contributed by atoms with E-state index in [1.165, 1.54) is 6.42 Å². The predicted molar refractivity (Wildman–Crippen MR) is 54.5 cm³/mol. The van der Waals surface area contributed by atoms with E-state index in [1.807, 2.05) is 4.90 Å². The Morgan fingerprint density at radius 3 is 3.20 bits per heavy atom. The molecule has 2 aliphatic rings. The molecule has 2 aliphatic heterocycles. The number of hydrogen-bond donors (Lipinski definition) is 1. The van der Waals surface area contributed by atoms with Gasteiger partial charge in [-0.05, 0) is 31.0 Å². The van der Waals surface area contributed by atoms with Crippen LogP contribution in [0.3, 0.4) is 0 Å². The van der Waals surface area contributed by atoms with Crippen molar-refractivity contribution in [3.63, 3.8) is 0 Å². The van der Waals surface area contributed by atoms with Crippen LogP contribution in [0.4, 0.5) is 0 Å². The average molecular weight is 206 g/mol. The van der Waals surface area contributed by atoms with Crippen molar-refractivity contribution in [2.75, 3.05) is 19.6 Å². The first kappa shape index (κ1) is 8.97. The number of furan rings is 1. The molecule has 4 heteroatoms. The van der Waals surface area contributed by atoms with E-state index in [9.17, 15) is 4.79 Å². The molecule has 0 saturated carbocycles. The lowest BCUT2D eigenvalue weighted by molar-refractivity contribution is 0.0751. The van der Waals surface area contributed by atoms with Gasteiger partial charge in [0.2, 0.25) is 0 Å². The molecule has 1 aromatic heterocycles. The average Bonchev–Trinajstić information content (AvgIpc) is 2.92. The van der Waals surface area contributed by atoms with Crippen molar-refractivity contribution in [3.05, 3.63) is 24.2 Å². The molecule has 0 aliphatic carbocycles. The molecular weight excluding hydrogens is 192 g/mol. The first-order valence-electron chi connectivity index (χ1n) is 5.41. The topological polar surface area (TPSA) is 45.5 Å². The molecular formula is C11H14N2O2. The zero-order valence-corrected chi connectivity index (χ0v) is 8.48. The number of hydrogen-bond acceptors (Lipinski definition) is 3. The van der Waals surface area contributed by atoms with Crippen LogP contribution in [0, 0.1) is 5.92 Å². The SMILES string of the molecule is O=C(c1ccco1)N1CC2CCNC2C1. The van der Waals surface area contributed by atoms with Crippen molar-refractivity contribution in [2.24, 2.45) is 5.92 Å². The maximum Gasteiger partial charge on any atom is 0.289 e. The van der Waals surface area contributed by atoms with Crippen LogP contribution < -0.4 is 5.32 Å². The fourth-order valence-corrected chi connectivity index (χ4v) is 2.57. The van der Waals surface area contributed by atoms with Gasteiger partial charge < -0.3 is 14.6 Å². The van der Waals surface area contributed by atoms with E-state index in [0.29, 0.717) is 17.7 Å². The van der Waals surface area contributed by atoms with Gasteiger partial charge in [0.15, 0.2) is 5.76 Å². The minimum absolute atomic E-state index is 0.0243. The first-order valence-corrected chi connectivity index (χ1v) is 5.41. The summed E-state index contributed by atoms with van der Waals surface area (Å²) >= 11 is 0. The third-order valence-electron chi connectivity index (χ3n) is 3.38. The van der Waals surface area contributed by atoms with Crippen LogP contribution in [0.15, 0.2) is 22.8 Å². The zero-order valence-electron chi connectivity index (χ0n) is 8.48. The molecule has 1 N–H and O–H groups in total. The molecule has 0 aromatic carbocycles. The minimum atomic E-state index is 0.0243. The Hall–Kier alpha value is -1.29. The number of carbonyl (C=O) groups is 1. The number of likely N-dealkylation sites (tertiary alicyclic amines) is 1. The molecule has 3 heterocycles. The summed E-state index contributed by atoms with van der Waals surface area (Å²) in [5, 5.41) is 3.42. The summed E-state index contributed by atoms with van der Waals surface area (Å²) < 4.78 is 5.12. The van der Waals surface area contributed by atoms with Crippen LogP contribution in [0.1, 0.15) is 17.0 Å². The van der Waals surface area contributed by atoms with Gasteiger partial charge in [0.1, 0.15) is 0 Å². The zero-order chi connectivity index (χ0) is 10.3. The number of rotatable bonds is 1. The summed E-state index contributed by atoms with van der Waals surface area (Å²) in [5.41, 5.74) is 0. The maximum absolute atomic E-state index is 11.9. The molecule has 80 valence electrons. The van der Waals surface area contributed by atoms with E-state index >= 15 is 0 Å². The maximum atomic E-state index is 11.9. The Labute approximate surface area is 88.2 Å². The Bertz CT molecular complexity index is 349. The van der Waals surface area contributed by atoms with Crippen molar-refractivity contribution < 1.29 is 9.21 Å². The molecule has 1 aromatic rings. The monoisotopic (exact) mass is 206 g/mol. The first-order chi connectivity index (χ1) is 7.34. The van der Waals surface area contributed by atoms with E-state index in [2.05, 4.69) is 5.32 Å². The van der Waals surface area contributed by atoms with E-state index in [4.69, 9.17) is 4.42 Å². The third-order valence-corrected chi connectivity index (χ3v) is 3.38. The predicted octanol–water partition coefficient (Wildman–Crippen LogP) is 0.713. The molecule has 0 spiro atoms. The molecule has 0 bridgehead atoms. The van der Waals surface area contributed by atoms with Gasteiger partial charge >= 0.3 is 0 Å².